The van der Waals surface area contributed by atoms with E-state index < -0.39 is 0 Å². The molecule has 0 aliphatic heterocycles. The highest BCUT2D eigenvalue weighted by Crippen LogP contribution is 2.31. The molecular formula is C21H25NO4S. The van der Waals surface area contributed by atoms with Crippen LogP contribution in [-0.4, -0.2) is 36.2 Å². The maximum atomic E-state index is 12.3. The molecule has 0 bridgehead atoms. The average molecular weight is 388 g/mol. The van der Waals surface area contributed by atoms with E-state index >= 15 is 0 Å². The molecule has 6 heteroatoms. The molecule has 0 fully saturated rings. The molecule has 0 aliphatic rings. The van der Waals surface area contributed by atoms with Gasteiger partial charge >= 0.3 is 0 Å². The maximum Gasteiger partial charge on any atom is 0.265 e. The molecule has 2 N–H and O–H groups in total. The smallest absolute Gasteiger partial charge is 0.265 e. The van der Waals surface area contributed by atoms with Crippen molar-refractivity contribution in [3.63, 3.8) is 0 Å². The number of H-pyrrole nitrogens is 1. The minimum Gasteiger partial charge on any atom is -0.506 e. The number of ether oxygens (including phenoxy) is 2. The molecular weight excluding hydrogens is 362 g/mol. The highest BCUT2D eigenvalue weighted by Gasteiger charge is 2.14. The highest BCUT2D eigenvalue weighted by atomic mass is 32.2. The van der Waals surface area contributed by atoms with Gasteiger partial charge in [-0.15, -0.1) is 11.8 Å². The average Bonchev–Trinajstić information content (AvgIpc) is 2.67. The van der Waals surface area contributed by atoms with Gasteiger partial charge in [-0.3, -0.25) is 4.79 Å². The summed E-state index contributed by atoms with van der Waals surface area (Å²) in [6, 6.07) is 7.84. The molecule has 0 radical (unpaired) electrons. The van der Waals surface area contributed by atoms with Crippen LogP contribution in [0.15, 0.2) is 46.6 Å². The van der Waals surface area contributed by atoms with E-state index in [0.717, 1.165) is 17.7 Å². The summed E-state index contributed by atoms with van der Waals surface area (Å²) in [5, 5.41) is 10.5. The zero-order valence-corrected chi connectivity index (χ0v) is 16.5. The van der Waals surface area contributed by atoms with E-state index in [1.54, 1.807) is 13.2 Å². The molecule has 0 atom stereocenters. The highest BCUT2D eigenvalue weighted by molar-refractivity contribution is 7.99. The first kappa shape index (κ1) is 20.9. The summed E-state index contributed by atoms with van der Waals surface area (Å²) in [6.45, 7) is 6.57. The fraction of sp³-hybridized carbons (Fsp3) is 0.286. The Morgan fingerprint density at radius 3 is 2.85 bits per heavy atom. The topological polar surface area (TPSA) is 71.6 Å². The number of benzene rings is 1. The molecule has 0 unspecified atom stereocenters. The monoisotopic (exact) mass is 387 g/mol. The predicted molar refractivity (Wildman–Crippen MR) is 112 cm³/mol. The van der Waals surface area contributed by atoms with Crippen LogP contribution in [0.2, 0.25) is 0 Å². The second-order valence-corrected chi connectivity index (χ2v) is 6.86. The number of aromatic hydroxyl groups is 1. The lowest BCUT2D eigenvalue weighted by Crippen LogP contribution is -2.12. The number of hydrogen-bond donors (Lipinski definition) is 2. The number of pyridine rings is 1. The Kier molecular flexibility index (Phi) is 8.23. The van der Waals surface area contributed by atoms with Crippen molar-refractivity contribution in [1.82, 2.24) is 4.98 Å². The SMILES string of the molecule is C=Cc1[nH]c(=O)c(SCCc2cccc(OCCOC)c2)c(O)c1C=CC. The molecule has 0 aliphatic carbocycles. The number of aromatic amines is 1. The number of hydrogen-bond acceptors (Lipinski definition) is 5. The van der Waals surface area contributed by atoms with Crippen LogP contribution in [0.5, 0.6) is 11.5 Å². The second-order valence-electron chi connectivity index (χ2n) is 5.75. The van der Waals surface area contributed by atoms with Gasteiger partial charge in [0, 0.05) is 18.4 Å². The third-order valence-electron chi connectivity index (χ3n) is 3.84. The Balaban J connectivity index is 2.07. The molecule has 2 rings (SSSR count). The lowest BCUT2D eigenvalue weighted by Gasteiger charge is -2.10. The fourth-order valence-corrected chi connectivity index (χ4v) is 3.51. The summed E-state index contributed by atoms with van der Waals surface area (Å²) < 4.78 is 10.6. The number of nitrogens with one attached hydrogen (secondary N) is 1. The molecule has 0 saturated heterocycles. The molecule has 0 amide bonds. The molecule has 0 spiro atoms. The van der Waals surface area contributed by atoms with Crippen molar-refractivity contribution in [2.75, 3.05) is 26.1 Å². The van der Waals surface area contributed by atoms with Gasteiger partial charge in [0.15, 0.2) is 0 Å². The maximum absolute atomic E-state index is 12.3. The van der Waals surface area contributed by atoms with Gasteiger partial charge in [-0.25, -0.2) is 0 Å². The summed E-state index contributed by atoms with van der Waals surface area (Å²) >= 11 is 1.33. The third-order valence-corrected chi connectivity index (χ3v) is 4.92. The Morgan fingerprint density at radius 1 is 1.33 bits per heavy atom. The summed E-state index contributed by atoms with van der Waals surface area (Å²) in [6.07, 6.45) is 5.84. The van der Waals surface area contributed by atoms with E-state index in [4.69, 9.17) is 9.47 Å². The van der Waals surface area contributed by atoms with E-state index in [0.29, 0.717) is 35.1 Å². The Labute approximate surface area is 163 Å². The first-order valence-corrected chi connectivity index (χ1v) is 9.67. The molecule has 144 valence electrons. The number of aryl methyl sites for hydroxylation is 1. The fourth-order valence-electron chi connectivity index (χ4n) is 2.54. The van der Waals surface area contributed by atoms with Gasteiger partial charge in [-0.05, 0) is 37.1 Å². The summed E-state index contributed by atoms with van der Waals surface area (Å²) in [5.74, 6) is 1.44. The number of thioether (sulfide) groups is 1. The van der Waals surface area contributed by atoms with Gasteiger partial charge in [0.2, 0.25) is 0 Å². The summed E-state index contributed by atoms with van der Waals surface area (Å²) in [5.41, 5.74) is 1.88. The van der Waals surface area contributed by atoms with Crippen LogP contribution in [0.3, 0.4) is 0 Å². The standard InChI is InChI=1S/C21H25NO4S/c1-4-7-17-18(5-2)22-21(24)20(19(17)23)27-13-10-15-8-6-9-16(14-15)26-12-11-25-3/h4-9,14H,2,10-13H2,1,3H3,(H2,22,23,24). The Bertz CT molecular complexity index is 858. The van der Waals surface area contributed by atoms with E-state index in [9.17, 15) is 9.90 Å². The van der Waals surface area contributed by atoms with Gasteiger partial charge in [0.05, 0.1) is 12.3 Å². The number of methoxy groups -OCH3 is 1. The van der Waals surface area contributed by atoms with Gasteiger partial charge in [0.1, 0.15) is 23.0 Å². The van der Waals surface area contributed by atoms with Crippen molar-refractivity contribution in [2.45, 2.75) is 18.2 Å². The van der Waals surface area contributed by atoms with Gasteiger partial charge in [-0.1, -0.05) is 30.9 Å². The second kappa shape index (κ2) is 10.6. The molecule has 5 nitrogen and oxygen atoms in total. The first-order chi connectivity index (χ1) is 13.1. The quantitative estimate of drug-likeness (QED) is 0.474. The molecule has 1 aromatic heterocycles. The van der Waals surface area contributed by atoms with Crippen molar-refractivity contribution < 1.29 is 14.6 Å². The van der Waals surface area contributed by atoms with Crippen LogP contribution < -0.4 is 10.3 Å². The zero-order valence-electron chi connectivity index (χ0n) is 15.7. The molecule has 0 saturated carbocycles. The third kappa shape index (κ3) is 5.77. The van der Waals surface area contributed by atoms with E-state index in [1.807, 2.05) is 37.3 Å². The normalized spacial score (nSPS) is 11.0. The van der Waals surface area contributed by atoms with Crippen molar-refractivity contribution >= 4 is 23.9 Å². The Hall–Kier alpha value is -2.44. The minimum atomic E-state index is -0.308. The number of aromatic nitrogens is 1. The van der Waals surface area contributed by atoms with Crippen molar-refractivity contribution in [2.24, 2.45) is 0 Å². The lowest BCUT2D eigenvalue weighted by molar-refractivity contribution is 0.146. The summed E-state index contributed by atoms with van der Waals surface area (Å²) in [4.78, 5) is 15.4. The predicted octanol–water partition coefficient (Wildman–Crippen LogP) is 4.12. The summed E-state index contributed by atoms with van der Waals surface area (Å²) in [7, 11) is 1.64. The van der Waals surface area contributed by atoms with Crippen molar-refractivity contribution in [3.8, 4) is 11.5 Å². The van der Waals surface area contributed by atoms with Crippen LogP contribution in [-0.2, 0) is 11.2 Å². The van der Waals surface area contributed by atoms with E-state index in [2.05, 4.69) is 11.6 Å². The van der Waals surface area contributed by atoms with Crippen LogP contribution >= 0.6 is 11.8 Å². The van der Waals surface area contributed by atoms with Crippen molar-refractivity contribution in [1.29, 1.82) is 0 Å². The number of allylic oxidation sites excluding steroid dienone is 1. The molecule has 1 heterocycles. The van der Waals surface area contributed by atoms with Crippen LogP contribution in [0.4, 0.5) is 0 Å². The zero-order chi connectivity index (χ0) is 19.6. The van der Waals surface area contributed by atoms with Crippen molar-refractivity contribution in [3.05, 3.63) is 64.1 Å². The lowest BCUT2D eigenvalue weighted by atomic mass is 10.1. The van der Waals surface area contributed by atoms with Crippen LogP contribution in [0.1, 0.15) is 23.7 Å². The molecule has 2 aromatic rings. The van der Waals surface area contributed by atoms with Crippen LogP contribution in [0, 0.1) is 0 Å². The minimum absolute atomic E-state index is 0.00611. The van der Waals surface area contributed by atoms with Crippen LogP contribution in [0.25, 0.3) is 12.2 Å². The first-order valence-electron chi connectivity index (χ1n) is 8.68. The Morgan fingerprint density at radius 2 is 2.15 bits per heavy atom. The van der Waals surface area contributed by atoms with E-state index in [-0.39, 0.29) is 11.3 Å². The molecule has 27 heavy (non-hydrogen) atoms. The largest absolute Gasteiger partial charge is 0.506 e. The molecule has 1 aromatic carbocycles. The number of rotatable bonds is 10. The van der Waals surface area contributed by atoms with Gasteiger partial charge < -0.3 is 19.6 Å². The van der Waals surface area contributed by atoms with Gasteiger partial charge in [-0.2, -0.15) is 0 Å². The van der Waals surface area contributed by atoms with E-state index in [1.165, 1.54) is 17.8 Å². The van der Waals surface area contributed by atoms with Gasteiger partial charge in [0.25, 0.3) is 5.56 Å².